The van der Waals surface area contributed by atoms with Gasteiger partial charge in [0, 0.05) is 10.7 Å². The second-order valence-corrected chi connectivity index (χ2v) is 4.56. The molecule has 0 atom stereocenters. The molecule has 0 bridgehead atoms. The van der Waals surface area contributed by atoms with Gasteiger partial charge in [-0.25, -0.2) is 13.8 Å². The first-order valence-electron chi connectivity index (χ1n) is 5.08. The third-order valence-corrected chi connectivity index (χ3v) is 2.75. The van der Waals surface area contributed by atoms with Gasteiger partial charge in [-0.15, -0.1) is 0 Å². The molecule has 2 rings (SSSR count). The van der Waals surface area contributed by atoms with Crippen LogP contribution in [0.2, 0.25) is 0 Å². The highest BCUT2D eigenvalue weighted by molar-refractivity contribution is 9.10. The molecule has 2 aromatic rings. The Morgan fingerprint density at radius 1 is 1.26 bits per heavy atom. The van der Waals surface area contributed by atoms with Gasteiger partial charge in [-0.3, -0.25) is 0 Å². The SMILES string of the molecule is N#Cc1cnc(Nc2c(F)cc(Br)cc2F)c(N)c1. The molecule has 1 heterocycles. The van der Waals surface area contributed by atoms with E-state index in [-0.39, 0.29) is 27.2 Å². The normalized spacial score (nSPS) is 10.0. The maximum absolute atomic E-state index is 13.6. The van der Waals surface area contributed by atoms with Crippen LogP contribution in [0.1, 0.15) is 5.56 Å². The number of rotatable bonds is 2. The fraction of sp³-hybridized carbons (Fsp3) is 0. The third kappa shape index (κ3) is 2.80. The fourth-order valence-corrected chi connectivity index (χ4v) is 1.83. The summed E-state index contributed by atoms with van der Waals surface area (Å²) in [5.41, 5.74) is 5.68. The summed E-state index contributed by atoms with van der Waals surface area (Å²) in [6.45, 7) is 0. The van der Waals surface area contributed by atoms with Gasteiger partial charge in [0.2, 0.25) is 0 Å². The first-order valence-corrected chi connectivity index (χ1v) is 5.87. The summed E-state index contributed by atoms with van der Waals surface area (Å²) in [4.78, 5) is 3.85. The molecule has 0 aliphatic rings. The molecular formula is C12H7BrF2N4. The molecule has 0 radical (unpaired) electrons. The zero-order valence-corrected chi connectivity index (χ0v) is 11.0. The molecule has 3 N–H and O–H groups in total. The van der Waals surface area contributed by atoms with Crippen molar-refractivity contribution in [2.45, 2.75) is 0 Å². The topological polar surface area (TPSA) is 74.7 Å². The smallest absolute Gasteiger partial charge is 0.153 e. The average molecular weight is 325 g/mol. The number of nitriles is 1. The Bertz CT molecular complexity index is 659. The van der Waals surface area contributed by atoms with E-state index >= 15 is 0 Å². The Morgan fingerprint density at radius 3 is 2.42 bits per heavy atom. The van der Waals surface area contributed by atoms with Gasteiger partial charge in [-0.1, -0.05) is 15.9 Å². The van der Waals surface area contributed by atoms with Crippen LogP contribution in [0.4, 0.5) is 26.0 Å². The van der Waals surface area contributed by atoms with Gasteiger partial charge >= 0.3 is 0 Å². The minimum Gasteiger partial charge on any atom is -0.396 e. The highest BCUT2D eigenvalue weighted by Gasteiger charge is 2.13. The Hall–Kier alpha value is -2.20. The zero-order valence-electron chi connectivity index (χ0n) is 9.42. The van der Waals surface area contributed by atoms with Crippen molar-refractivity contribution in [3.63, 3.8) is 0 Å². The maximum Gasteiger partial charge on any atom is 0.153 e. The second kappa shape index (κ2) is 5.20. The number of anilines is 3. The summed E-state index contributed by atoms with van der Waals surface area (Å²) in [5.74, 6) is -1.48. The highest BCUT2D eigenvalue weighted by atomic mass is 79.9. The summed E-state index contributed by atoms with van der Waals surface area (Å²) in [6.07, 6.45) is 1.26. The van der Waals surface area contributed by atoms with Crippen LogP contribution in [0.25, 0.3) is 0 Å². The quantitative estimate of drug-likeness (QED) is 0.888. The largest absolute Gasteiger partial charge is 0.396 e. The van der Waals surface area contributed by atoms with Crippen molar-refractivity contribution in [1.29, 1.82) is 5.26 Å². The highest BCUT2D eigenvalue weighted by Crippen LogP contribution is 2.28. The van der Waals surface area contributed by atoms with E-state index in [1.165, 1.54) is 12.3 Å². The molecule has 7 heteroatoms. The van der Waals surface area contributed by atoms with Gasteiger partial charge in [-0.05, 0) is 18.2 Å². The van der Waals surface area contributed by atoms with E-state index in [0.29, 0.717) is 0 Å². The Kier molecular flexibility index (Phi) is 3.62. The molecule has 96 valence electrons. The lowest BCUT2D eigenvalue weighted by Crippen LogP contribution is -2.03. The molecule has 0 amide bonds. The van der Waals surface area contributed by atoms with Crippen LogP contribution in [-0.4, -0.2) is 4.98 Å². The van der Waals surface area contributed by atoms with Gasteiger partial charge in [0.05, 0.1) is 11.3 Å². The van der Waals surface area contributed by atoms with Crippen molar-refractivity contribution in [2.75, 3.05) is 11.1 Å². The van der Waals surface area contributed by atoms with Crippen LogP contribution < -0.4 is 11.1 Å². The number of aromatic nitrogens is 1. The number of nitrogens with one attached hydrogen (secondary N) is 1. The van der Waals surface area contributed by atoms with Gasteiger partial charge in [-0.2, -0.15) is 5.26 Å². The van der Waals surface area contributed by atoms with Crippen LogP contribution >= 0.6 is 15.9 Å². The van der Waals surface area contributed by atoms with Crippen molar-refractivity contribution >= 4 is 33.1 Å². The standard InChI is InChI=1S/C12H7BrF2N4/c13-7-2-8(14)11(9(15)3-7)19-12-10(17)1-6(4-16)5-18-12/h1-3,5H,17H2,(H,18,19). The van der Waals surface area contributed by atoms with E-state index in [4.69, 9.17) is 11.0 Å². The lowest BCUT2D eigenvalue weighted by molar-refractivity contribution is 0.589. The predicted molar refractivity (Wildman–Crippen MR) is 70.7 cm³/mol. The van der Waals surface area contributed by atoms with Crippen molar-refractivity contribution in [1.82, 2.24) is 4.98 Å². The van der Waals surface area contributed by atoms with E-state index < -0.39 is 11.6 Å². The average Bonchev–Trinajstić information content (AvgIpc) is 2.35. The number of pyridine rings is 1. The van der Waals surface area contributed by atoms with E-state index in [0.717, 1.165) is 12.1 Å². The maximum atomic E-state index is 13.6. The van der Waals surface area contributed by atoms with E-state index in [1.807, 2.05) is 6.07 Å². The van der Waals surface area contributed by atoms with Crippen LogP contribution in [0, 0.1) is 23.0 Å². The van der Waals surface area contributed by atoms with Gasteiger partial charge in [0.25, 0.3) is 0 Å². The molecule has 0 aliphatic heterocycles. The van der Waals surface area contributed by atoms with Gasteiger partial charge in [0.15, 0.2) is 17.5 Å². The summed E-state index contributed by atoms with van der Waals surface area (Å²) in [5, 5.41) is 11.1. The molecule has 0 aliphatic carbocycles. The summed E-state index contributed by atoms with van der Waals surface area (Å²) < 4.78 is 27.5. The Morgan fingerprint density at radius 2 is 1.89 bits per heavy atom. The third-order valence-electron chi connectivity index (χ3n) is 2.30. The predicted octanol–water partition coefficient (Wildman–Crippen LogP) is 3.32. The molecule has 4 nitrogen and oxygen atoms in total. The van der Waals surface area contributed by atoms with Gasteiger partial charge in [0.1, 0.15) is 11.8 Å². The fourth-order valence-electron chi connectivity index (χ4n) is 1.43. The zero-order chi connectivity index (χ0) is 14.0. The summed E-state index contributed by atoms with van der Waals surface area (Å²) >= 11 is 2.98. The van der Waals surface area contributed by atoms with Crippen molar-refractivity contribution in [3.05, 3.63) is 46.1 Å². The molecule has 19 heavy (non-hydrogen) atoms. The monoisotopic (exact) mass is 324 g/mol. The van der Waals surface area contributed by atoms with E-state index in [1.54, 1.807) is 0 Å². The minimum atomic E-state index is -0.780. The molecule has 0 spiro atoms. The van der Waals surface area contributed by atoms with Crippen molar-refractivity contribution in [3.8, 4) is 6.07 Å². The van der Waals surface area contributed by atoms with Crippen molar-refractivity contribution in [2.24, 2.45) is 0 Å². The number of nitrogen functional groups attached to an aromatic ring is 1. The number of benzene rings is 1. The Balaban J connectivity index is 2.40. The van der Waals surface area contributed by atoms with Gasteiger partial charge < -0.3 is 11.1 Å². The molecule has 0 fully saturated rings. The number of nitrogens with two attached hydrogens (primary N) is 1. The van der Waals surface area contributed by atoms with Crippen molar-refractivity contribution < 1.29 is 8.78 Å². The summed E-state index contributed by atoms with van der Waals surface area (Å²) in [6, 6.07) is 5.46. The number of halogens is 3. The van der Waals surface area contributed by atoms with E-state index in [2.05, 4.69) is 26.2 Å². The molecule has 0 saturated heterocycles. The first kappa shape index (κ1) is 13.2. The van der Waals surface area contributed by atoms with Crippen LogP contribution in [0.15, 0.2) is 28.9 Å². The molecule has 1 aromatic heterocycles. The number of hydrogen-bond acceptors (Lipinski definition) is 4. The minimum absolute atomic E-state index is 0.0825. The number of nitrogens with zero attached hydrogens (tertiary/aromatic N) is 2. The molecule has 0 unspecified atom stereocenters. The van der Waals surface area contributed by atoms with Crippen LogP contribution in [-0.2, 0) is 0 Å². The molecular weight excluding hydrogens is 318 g/mol. The first-order chi connectivity index (χ1) is 9.01. The number of hydrogen-bond donors (Lipinski definition) is 2. The lowest BCUT2D eigenvalue weighted by atomic mass is 10.2. The molecule has 0 saturated carbocycles. The molecule has 1 aromatic carbocycles. The van der Waals surface area contributed by atoms with E-state index in [9.17, 15) is 8.78 Å². The van der Waals surface area contributed by atoms with Crippen LogP contribution in [0.3, 0.4) is 0 Å². The lowest BCUT2D eigenvalue weighted by Gasteiger charge is -2.10. The summed E-state index contributed by atoms with van der Waals surface area (Å²) in [7, 11) is 0. The second-order valence-electron chi connectivity index (χ2n) is 3.64. The Labute approximate surface area is 116 Å². The van der Waals surface area contributed by atoms with Crippen LogP contribution in [0.5, 0.6) is 0 Å².